The van der Waals surface area contributed by atoms with Crippen molar-refractivity contribution in [3.8, 4) is 0 Å². The molecule has 0 aromatic rings. The van der Waals surface area contributed by atoms with E-state index in [4.69, 9.17) is 4.74 Å². The first-order valence-corrected chi connectivity index (χ1v) is 7.25. The number of hydrogen-bond acceptors (Lipinski definition) is 2. The molecule has 0 spiro atoms. The Hall–Kier alpha value is 0.200. The van der Waals surface area contributed by atoms with Crippen molar-refractivity contribution in [2.45, 2.75) is 62.7 Å². The minimum atomic E-state index is -0.0484. The number of hydrogen-bond donors (Lipinski definition) is 0. The molecule has 1 unspecified atom stereocenters. The number of ether oxygens (including phenoxy) is 1. The van der Waals surface area contributed by atoms with Crippen molar-refractivity contribution in [2.75, 3.05) is 6.61 Å². The Morgan fingerprint density at radius 3 is 2.53 bits per heavy atom. The molecule has 0 aliphatic heterocycles. The van der Waals surface area contributed by atoms with Crippen LogP contribution < -0.4 is 0 Å². The van der Waals surface area contributed by atoms with Crippen LogP contribution in [0.3, 0.4) is 0 Å². The second kappa shape index (κ2) is 10.7. The second-order valence-electron chi connectivity index (χ2n) is 3.79. The third kappa shape index (κ3) is 10.5. The average molecular weight is 326 g/mol. The molecule has 0 fully saturated rings. The first kappa shape index (κ1) is 15.2. The summed E-state index contributed by atoms with van der Waals surface area (Å²) in [6, 6.07) is 0. The second-order valence-corrected chi connectivity index (χ2v) is 5.55. The molecule has 90 valence electrons. The van der Waals surface area contributed by atoms with Crippen molar-refractivity contribution in [3.63, 3.8) is 0 Å². The van der Waals surface area contributed by atoms with Crippen LogP contribution in [0.1, 0.15) is 58.8 Å². The highest BCUT2D eigenvalue weighted by molar-refractivity contribution is 14.1. The van der Waals surface area contributed by atoms with E-state index < -0.39 is 0 Å². The maximum absolute atomic E-state index is 11.1. The molecule has 0 radical (unpaired) electrons. The summed E-state index contributed by atoms with van der Waals surface area (Å²) in [5.74, 6) is -0.0484. The van der Waals surface area contributed by atoms with Gasteiger partial charge in [0.05, 0.1) is 6.61 Å². The molecule has 0 saturated heterocycles. The maximum atomic E-state index is 11.1. The number of rotatable bonds is 9. The molecule has 0 N–H and O–H groups in total. The summed E-state index contributed by atoms with van der Waals surface area (Å²) >= 11 is 2.45. The molecule has 0 aliphatic rings. The van der Waals surface area contributed by atoms with Crippen LogP contribution in [0.15, 0.2) is 0 Å². The molecule has 0 aromatic heterocycles. The fourth-order valence-corrected chi connectivity index (χ4v) is 2.20. The lowest BCUT2D eigenvalue weighted by Gasteiger charge is -2.08. The Bertz CT molecular complexity index is 160. The third-order valence-electron chi connectivity index (χ3n) is 2.34. The fraction of sp³-hybridized carbons (Fsp3) is 0.917. The van der Waals surface area contributed by atoms with E-state index in [0.717, 1.165) is 6.42 Å². The van der Waals surface area contributed by atoms with Gasteiger partial charge in [0.15, 0.2) is 0 Å². The first-order valence-electron chi connectivity index (χ1n) is 6.00. The largest absolute Gasteiger partial charge is 0.466 e. The van der Waals surface area contributed by atoms with Crippen LogP contribution in [0, 0.1) is 0 Å². The van der Waals surface area contributed by atoms with Gasteiger partial charge in [-0.1, -0.05) is 55.2 Å². The summed E-state index contributed by atoms with van der Waals surface area (Å²) in [7, 11) is 0. The van der Waals surface area contributed by atoms with Crippen molar-refractivity contribution in [1.82, 2.24) is 0 Å². The van der Waals surface area contributed by atoms with E-state index >= 15 is 0 Å². The molecule has 2 nitrogen and oxygen atoms in total. The molecule has 0 heterocycles. The van der Waals surface area contributed by atoms with E-state index in [0.29, 0.717) is 17.0 Å². The zero-order valence-electron chi connectivity index (χ0n) is 9.93. The van der Waals surface area contributed by atoms with Crippen LogP contribution in [-0.4, -0.2) is 16.5 Å². The molecule has 0 rings (SSSR count). The highest BCUT2D eigenvalue weighted by Gasteiger charge is 2.08. The lowest BCUT2D eigenvalue weighted by atomic mass is 10.1. The number of halogens is 1. The number of alkyl halides is 1. The molecular formula is C12H23IO2. The lowest BCUT2D eigenvalue weighted by molar-refractivity contribution is -0.143. The summed E-state index contributed by atoms with van der Waals surface area (Å²) in [6.45, 7) is 4.58. The van der Waals surface area contributed by atoms with Gasteiger partial charge in [-0.15, -0.1) is 0 Å². The topological polar surface area (TPSA) is 26.3 Å². The van der Waals surface area contributed by atoms with Crippen LogP contribution in [-0.2, 0) is 9.53 Å². The number of carbonyl (C=O) groups excluding carboxylic acids is 1. The van der Waals surface area contributed by atoms with Crippen molar-refractivity contribution in [2.24, 2.45) is 0 Å². The molecule has 3 heteroatoms. The smallest absolute Gasteiger partial charge is 0.305 e. The normalized spacial score (nSPS) is 12.5. The van der Waals surface area contributed by atoms with Gasteiger partial charge in [0.25, 0.3) is 0 Å². The Kier molecular flexibility index (Phi) is 10.9. The molecule has 0 saturated carbocycles. The molecule has 0 amide bonds. The average Bonchev–Trinajstić information content (AvgIpc) is 2.22. The zero-order valence-corrected chi connectivity index (χ0v) is 12.1. The molecule has 0 bridgehead atoms. The number of unbranched alkanes of at least 4 members (excludes halogenated alkanes) is 3. The zero-order chi connectivity index (χ0) is 11.5. The van der Waals surface area contributed by atoms with Crippen LogP contribution in [0.4, 0.5) is 0 Å². The third-order valence-corrected chi connectivity index (χ3v) is 3.58. The van der Waals surface area contributed by atoms with Gasteiger partial charge in [0.2, 0.25) is 0 Å². The number of esters is 1. The van der Waals surface area contributed by atoms with E-state index in [2.05, 4.69) is 29.5 Å². The summed E-state index contributed by atoms with van der Waals surface area (Å²) in [5, 5.41) is 0. The van der Waals surface area contributed by atoms with E-state index in [1.54, 1.807) is 0 Å². The van der Waals surface area contributed by atoms with Crippen molar-refractivity contribution < 1.29 is 9.53 Å². The van der Waals surface area contributed by atoms with Gasteiger partial charge in [-0.3, -0.25) is 4.79 Å². The maximum Gasteiger partial charge on any atom is 0.305 e. The molecule has 0 aromatic carbocycles. The predicted octanol–water partition coefficient (Wildman–Crippen LogP) is 4.10. The van der Waals surface area contributed by atoms with Gasteiger partial charge in [-0.05, 0) is 19.8 Å². The lowest BCUT2D eigenvalue weighted by Crippen LogP contribution is -2.07. The minimum Gasteiger partial charge on any atom is -0.466 e. The fourth-order valence-electron chi connectivity index (χ4n) is 1.44. The molecule has 1 atom stereocenters. The van der Waals surface area contributed by atoms with E-state index in [1.165, 1.54) is 32.1 Å². The Morgan fingerprint density at radius 2 is 1.93 bits per heavy atom. The summed E-state index contributed by atoms with van der Waals surface area (Å²) in [4.78, 5) is 11.1. The minimum absolute atomic E-state index is 0.0484. The molecule has 15 heavy (non-hydrogen) atoms. The quantitative estimate of drug-likeness (QED) is 0.276. The van der Waals surface area contributed by atoms with E-state index in [1.807, 2.05) is 6.92 Å². The summed E-state index contributed by atoms with van der Waals surface area (Å²) in [5.41, 5.74) is 0. The van der Waals surface area contributed by atoms with Crippen molar-refractivity contribution in [1.29, 1.82) is 0 Å². The van der Waals surface area contributed by atoms with E-state index in [-0.39, 0.29) is 5.97 Å². The highest BCUT2D eigenvalue weighted by Crippen LogP contribution is 2.17. The monoisotopic (exact) mass is 326 g/mol. The van der Waals surface area contributed by atoms with Crippen molar-refractivity contribution >= 4 is 28.6 Å². The van der Waals surface area contributed by atoms with Gasteiger partial charge in [0.1, 0.15) is 0 Å². The van der Waals surface area contributed by atoms with Crippen LogP contribution in [0.25, 0.3) is 0 Å². The first-order chi connectivity index (χ1) is 7.20. The molecular weight excluding hydrogens is 303 g/mol. The summed E-state index contributed by atoms with van der Waals surface area (Å²) < 4.78 is 5.52. The summed E-state index contributed by atoms with van der Waals surface area (Å²) in [6.07, 6.45) is 8.02. The van der Waals surface area contributed by atoms with Gasteiger partial charge in [-0.2, -0.15) is 0 Å². The van der Waals surface area contributed by atoms with Gasteiger partial charge < -0.3 is 4.74 Å². The van der Waals surface area contributed by atoms with Crippen LogP contribution in [0.5, 0.6) is 0 Å². The predicted molar refractivity (Wildman–Crippen MR) is 72.4 cm³/mol. The number of carbonyl (C=O) groups is 1. The van der Waals surface area contributed by atoms with Crippen molar-refractivity contribution in [3.05, 3.63) is 0 Å². The standard InChI is InChI=1S/C12H23IO2/c1-3-5-6-7-8-11(13)9-10-12(14)15-4-2/h11H,3-10H2,1-2H3. The Morgan fingerprint density at radius 1 is 1.20 bits per heavy atom. The van der Waals surface area contributed by atoms with Gasteiger partial charge in [0, 0.05) is 10.3 Å². The Balaban J connectivity index is 3.32. The SMILES string of the molecule is CCCCCCC(I)CCC(=O)OCC. The van der Waals surface area contributed by atoms with Gasteiger partial charge >= 0.3 is 5.97 Å². The molecule has 0 aliphatic carbocycles. The van der Waals surface area contributed by atoms with Gasteiger partial charge in [-0.25, -0.2) is 0 Å². The van der Waals surface area contributed by atoms with Crippen LogP contribution in [0.2, 0.25) is 0 Å². The van der Waals surface area contributed by atoms with E-state index in [9.17, 15) is 4.79 Å². The Labute approximate surface area is 107 Å². The highest BCUT2D eigenvalue weighted by atomic mass is 127. The van der Waals surface area contributed by atoms with Crippen LogP contribution >= 0.6 is 22.6 Å².